The summed E-state index contributed by atoms with van der Waals surface area (Å²) in [6, 6.07) is 8.85. The number of aromatic nitrogens is 1. The molecule has 1 fully saturated rings. The largest absolute Gasteiger partial charge is 0.370 e. The van der Waals surface area contributed by atoms with Gasteiger partial charge in [0.2, 0.25) is 0 Å². The molecule has 2 aliphatic heterocycles. The molecule has 0 unspecified atom stereocenters. The van der Waals surface area contributed by atoms with Crippen molar-refractivity contribution in [3.8, 4) is 17.2 Å². The van der Waals surface area contributed by atoms with E-state index in [9.17, 15) is 5.26 Å². The molecule has 1 aromatic heterocycles. The number of hydrogen-bond acceptors (Lipinski definition) is 4. The quantitative estimate of drug-likeness (QED) is 0.828. The van der Waals surface area contributed by atoms with Crippen molar-refractivity contribution in [3.05, 3.63) is 41.7 Å². The molecular formula is C19H19N3S. The first-order valence-electron chi connectivity index (χ1n) is 8.26. The van der Waals surface area contributed by atoms with Gasteiger partial charge in [-0.25, -0.2) is 0 Å². The van der Waals surface area contributed by atoms with Crippen LogP contribution in [-0.4, -0.2) is 23.8 Å². The van der Waals surface area contributed by atoms with Crippen molar-refractivity contribution in [1.82, 2.24) is 4.98 Å². The zero-order chi connectivity index (χ0) is 15.6. The van der Waals surface area contributed by atoms with E-state index in [0.29, 0.717) is 0 Å². The fraction of sp³-hybridized carbons (Fsp3) is 0.368. The van der Waals surface area contributed by atoms with Crippen LogP contribution in [0.4, 0.5) is 5.69 Å². The minimum absolute atomic E-state index is 0.904. The maximum Gasteiger partial charge on any atom is 0.102 e. The molecule has 4 rings (SSSR count). The van der Waals surface area contributed by atoms with E-state index in [4.69, 9.17) is 0 Å². The van der Waals surface area contributed by atoms with Crippen molar-refractivity contribution in [1.29, 1.82) is 5.26 Å². The van der Waals surface area contributed by atoms with E-state index in [1.165, 1.54) is 28.9 Å². The summed E-state index contributed by atoms with van der Waals surface area (Å²) in [6.45, 7) is 2.13. The van der Waals surface area contributed by atoms with E-state index in [1.807, 2.05) is 30.2 Å². The number of benzene rings is 1. The Morgan fingerprint density at radius 1 is 1.22 bits per heavy atom. The third-order valence-electron chi connectivity index (χ3n) is 4.71. The predicted molar refractivity (Wildman–Crippen MR) is 94.9 cm³/mol. The number of thioether (sulfide) groups is 1. The Hall–Kier alpha value is -1.99. The Balaban J connectivity index is 1.95. The van der Waals surface area contributed by atoms with Gasteiger partial charge in [0, 0.05) is 35.9 Å². The summed E-state index contributed by atoms with van der Waals surface area (Å²) in [5, 5.41) is 9.80. The molecule has 23 heavy (non-hydrogen) atoms. The number of anilines is 1. The topological polar surface area (TPSA) is 39.9 Å². The highest BCUT2D eigenvalue weighted by atomic mass is 32.2. The van der Waals surface area contributed by atoms with Gasteiger partial charge in [0.1, 0.15) is 6.07 Å². The Morgan fingerprint density at radius 2 is 2.09 bits per heavy atom. The average Bonchev–Trinajstić information content (AvgIpc) is 3.15. The van der Waals surface area contributed by atoms with Crippen LogP contribution in [0.25, 0.3) is 11.1 Å². The predicted octanol–water partition coefficient (Wildman–Crippen LogP) is 4.26. The number of nitrogens with zero attached hydrogens (tertiary/aromatic N) is 3. The van der Waals surface area contributed by atoms with Gasteiger partial charge in [-0.05, 0) is 54.7 Å². The van der Waals surface area contributed by atoms with E-state index < -0.39 is 0 Å². The summed E-state index contributed by atoms with van der Waals surface area (Å²) >= 11 is 1.89. The number of nitriles is 1. The molecule has 0 N–H and O–H groups in total. The Kier molecular flexibility index (Phi) is 3.97. The average molecular weight is 321 g/mol. The lowest BCUT2D eigenvalue weighted by atomic mass is 9.95. The van der Waals surface area contributed by atoms with Gasteiger partial charge >= 0.3 is 0 Å². The smallest absolute Gasteiger partial charge is 0.102 e. The van der Waals surface area contributed by atoms with E-state index in [1.54, 1.807) is 0 Å². The van der Waals surface area contributed by atoms with Gasteiger partial charge < -0.3 is 4.90 Å². The standard InChI is InChI=1S/C19H19N3S/c20-12-17-15-6-4-10-23-19(15)16(14-5-3-7-21-13-14)11-18(17)22-8-1-2-9-22/h3,5,7,11,13H,1-2,4,6,8-10H2. The van der Waals surface area contributed by atoms with E-state index in [2.05, 4.69) is 28.1 Å². The minimum atomic E-state index is 0.904. The first-order chi connectivity index (χ1) is 11.4. The van der Waals surface area contributed by atoms with E-state index in [0.717, 1.165) is 48.5 Å². The van der Waals surface area contributed by atoms with Crippen LogP contribution in [0, 0.1) is 11.3 Å². The number of fused-ring (bicyclic) bond motifs is 1. The molecule has 2 aliphatic rings. The lowest BCUT2D eigenvalue weighted by Gasteiger charge is -2.27. The van der Waals surface area contributed by atoms with Gasteiger partial charge in [-0.15, -0.1) is 11.8 Å². The molecule has 2 aromatic rings. The fourth-order valence-corrected chi connectivity index (χ4v) is 4.80. The van der Waals surface area contributed by atoms with Gasteiger partial charge in [-0.3, -0.25) is 4.98 Å². The van der Waals surface area contributed by atoms with Crippen LogP contribution >= 0.6 is 11.8 Å². The highest BCUT2D eigenvalue weighted by molar-refractivity contribution is 7.99. The molecule has 0 radical (unpaired) electrons. The Labute approximate surface area is 141 Å². The van der Waals surface area contributed by atoms with Crippen molar-refractivity contribution in [2.24, 2.45) is 0 Å². The normalized spacial score (nSPS) is 16.9. The van der Waals surface area contributed by atoms with Crippen LogP contribution in [0.5, 0.6) is 0 Å². The van der Waals surface area contributed by atoms with Gasteiger partial charge in [-0.2, -0.15) is 5.26 Å². The van der Waals surface area contributed by atoms with E-state index >= 15 is 0 Å². The van der Waals surface area contributed by atoms with E-state index in [-0.39, 0.29) is 0 Å². The van der Waals surface area contributed by atoms with Crippen LogP contribution < -0.4 is 4.90 Å². The summed E-state index contributed by atoms with van der Waals surface area (Å²) in [6.07, 6.45) is 8.36. The molecule has 3 nitrogen and oxygen atoms in total. The molecular weight excluding hydrogens is 302 g/mol. The van der Waals surface area contributed by atoms with Crippen molar-refractivity contribution in [3.63, 3.8) is 0 Å². The maximum atomic E-state index is 9.80. The van der Waals surface area contributed by atoms with Gasteiger partial charge in [-0.1, -0.05) is 6.07 Å². The van der Waals surface area contributed by atoms with Crippen molar-refractivity contribution in [2.45, 2.75) is 30.6 Å². The summed E-state index contributed by atoms with van der Waals surface area (Å²) in [5.41, 5.74) is 5.70. The van der Waals surface area contributed by atoms with Crippen molar-refractivity contribution in [2.75, 3.05) is 23.7 Å². The second-order valence-electron chi connectivity index (χ2n) is 6.13. The first kappa shape index (κ1) is 14.6. The fourth-order valence-electron chi connectivity index (χ4n) is 3.60. The lowest BCUT2D eigenvalue weighted by Crippen LogP contribution is -2.20. The van der Waals surface area contributed by atoms with Gasteiger partial charge in [0.15, 0.2) is 0 Å². The van der Waals surface area contributed by atoms with Gasteiger partial charge in [0.05, 0.1) is 11.3 Å². The zero-order valence-electron chi connectivity index (χ0n) is 13.1. The maximum absolute atomic E-state index is 9.80. The second-order valence-corrected chi connectivity index (χ2v) is 7.23. The highest BCUT2D eigenvalue weighted by Crippen LogP contribution is 2.44. The molecule has 0 spiro atoms. The molecule has 0 aliphatic carbocycles. The van der Waals surface area contributed by atoms with Crippen molar-refractivity contribution < 1.29 is 0 Å². The summed E-state index contributed by atoms with van der Waals surface area (Å²) in [4.78, 5) is 7.97. The Morgan fingerprint density at radius 3 is 2.83 bits per heavy atom. The van der Waals surface area contributed by atoms with Crippen LogP contribution in [0.15, 0.2) is 35.5 Å². The van der Waals surface area contributed by atoms with Crippen LogP contribution in [0.2, 0.25) is 0 Å². The minimum Gasteiger partial charge on any atom is -0.370 e. The number of rotatable bonds is 2. The molecule has 0 atom stereocenters. The van der Waals surface area contributed by atoms with Crippen LogP contribution in [0.3, 0.4) is 0 Å². The highest BCUT2D eigenvalue weighted by Gasteiger charge is 2.25. The lowest BCUT2D eigenvalue weighted by molar-refractivity contribution is 0.878. The monoisotopic (exact) mass is 321 g/mol. The first-order valence-corrected chi connectivity index (χ1v) is 9.25. The third-order valence-corrected chi connectivity index (χ3v) is 5.95. The number of hydrogen-bond donors (Lipinski definition) is 0. The molecule has 0 amide bonds. The summed E-state index contributed by atoms with van der Waals surface area (Å²) < 4.78 is 0. The molecule has 1 saturated heterocycles. The second kappa shape index (κ2) is 6.25. The molecule has 0 saturated carbocycles. The van der Waals surface area contributed by atoms with Crippen molar-refractivity contribution >= 4 is 17.4 Å². The number of pyridine rings is 1. The van der Waals surface area contributed by atoms with Crippen LogP contribution in [-0.2, 0) is 6.42 Å². The molecule has 3 heterocycles. The summed E-state index contributed by atoms with van der Waals surface area (Å²) in [5.74, 6) is 1.13. The molecule has 116 valence electrons. The molecule has 1 aromatic carbocycles. The molecule has 0 bridgehead atoms. The van der Waals surface area contributed by atoms with Gasteiger partial charge in [0.25, 0.3) is 0 Å². The zero-order valence-corrected chi connectivity index (χ0v) is 13.9. The SMILES string of the molecule is N#Cc1c(N2CCCC2)cc(-c2cccnc2)c2c1CCCS2. The summed E-state index contributed by atoms with van der Waals surface area (Å²) in [7, 11) is 0. The van der Waals surface area contributed by atoms with Crippen LogP contribution in [0.1, 0.15) is 30.4 Å². The molecule has 4 heteroatoms. The Bertz CT molecular complexity index is 758. The third kappa shape index (κ3) is 2.60.